The van der Waals surface area contributed by atoms with Gasteiger partial charge in [-0.3, -0.25) is 4.99 Å². The Labute approximate surface area is 143 Å². The molecule has 21 heavy (non-hydrogen) atoms. The zero-order chi connectivity index (χ0) is 14.2. The fourth-order valence-corrected chi connectivity index (χ4v) is 2.43. The molecule has 118 valence electrons. The van der Waals surface area contributed by atoms with Crippen LogP contribution in [0.2, 0.25) is 0 Å². The van der Waals surface area contributed by atoms with Gasteiger partial charge in [0.15, 0.2) is 5.96 Å². The van der Waals surface area contributed by atoms with Gasteiger partial charge >= 0.3 is 0 Å². The van der Waals surface area contributed by atoms with Crippen molar-refractivity contribution >= 4 is 35.6 Å². The van der Waals surface area contributed by atoms with E-state index in [1.165, 1.54) is 5.69 Å². The van der Waals surface area contributed by atoms with Crippen molar-refractivity contribution in [3.8, 4) is 0 Å². The molecule has 1 saturated heterocycles. The fraction of sp³-hybridized carbons (Fsp3) is 0.533. The average molecular weight is 404 g/mol. The predicted octanol–water partition coefficient (Wildman–Crippen LogP) is 1.43. The van der Waals surface area contributed by atoms with Crippen LogP contribution in [-0.2, 0) is 0 Å². The molecule has 5 nitrogen and oxygen atoms in total. The van der Waals surface area contributed by atoms with Crippen LogP contribution >= 0.6 is 24.0 Å². The zero-order valence-electron chi connectivity index (χ0n) is 12.5. The molecule has 0 amide bonds. The lowest BCUT2D eigenvalue weighted by molar-refractivity contribution is 0.306. The number of anilines is 1. The molecule has 0 saturated carbocycles. The summed E-state index contributed by atoms with van der Waals surface area (Å²) in [4.78, 5) is 6.70. The van der Waals surface area contributed by atoms with Crippen LogP contribution in [-0.4, -0.2) is 49.9 Å². The summed E-state index contributed by atoms with van der Waals surface area (Å²) in [5, 5.41) is 15.5. The van der Waals surface area contributed by atoms with E-state index in [1.807, 2.05) is 13.0 Å². The molecule has 3 N–H and O–H groups in total. The molecule has 6 heteroatoms. The average Bonchev–Trinajstić information content (AvgIpc) is 2.94. The minimum atomic E-state index is 0. The second-order valence-corrected chi connectivity index (χ2v) is 4.90. The standard InChI is InChI=1S/C15H24N4O.HI/c1-2-16-15(17-9-11-20)18-13-8-10-19(12-13)14-6-4-3-5-7-14;/h3-7,13,20H,2,8-12H2,1H3,(H2,16,17,18);1H. The van der Waals surface area contributed by atoms with Crippen LogP contribution < -0.4 is 15.5 Å². The smallest absolute Gasteiger partial charge is 0.191 e. The van der Waals surface area contributed by atoms with Gasteiger partial charge in [0.1, 0.15) is 0 Å². The molecule has 1 heterocycles. The highest BCUT2D eigenvalue weighted by Crippen LogP contribution is 2.19. The summed E-state index contributed by atoms with van der Waals surface area (Å²) >= 11 is 0. The van der Waals surface area contributed by atoms with E-state index in [0.29, 0.717) is 12.6 Å². The van der Waals surface area contributed by atoms with Crippen molar-refractivity contribution in [3.63, 3.8) is 0 Å². The Morgan fingerprint density at radius 1 is 1.38 bits per heavy atom. The first-order valence-electron chi connectivity index (χ1n) is 7.29. The quantitative estimate of drug-likeness (QED) is 0.395. The van der Waals surface area contributed by atoms with Crippen LogP contribution in [0.3, 0.4) is 0 Å². The highest BCUT2D eigenvalue weighted by Gasteiger charge is 2.23. The number of rotatable bonds is 5. The van der Waals surface area contributed by atoms with E-state index >= 15 is 0 Å². The lowest BCUT2D eigenvalue weighted by atomic mass is 10.3. The van der Waals surface area contributed by atoms with Gasteiger partial charge in [-0.05, 0) is 25.5 Å². The first-order chi connectivity index (χ1) is 9.83. The van der Waals surface area contributed by atoms with Gasteiger partial charge in [0.05, 0.1) is 13.2 Å². The third kappa shape index (κ3) is 5.70. The van der Waals surface area contributed by atoms with Gasteiger partial charge in [0.25, 0.3) is 0 Å². The number of aliphatic hydroxyl groups excluding tert-OH is 1. The molecule has 0 radical (unpaired) electrons. The SMILES string of the molecule is CCNC(=NCCO)NC1CCN(c2ccccc2)C1.I. The van der Waals surface area contributed by atoms with E-state index in [2.05, 4.69) is 44.8 Å². The van der Waals surface area contributed by atoms with Crippen LogP contribution in [0.1, 0.15) is 13.3 Å². The van der Waals surface area contributed by atoms with Gasteiger partial charge in [-0.2, -0.15) is 0 Å². The number of hydrogen-bond donors (Lipinski definition) is 3. The normalized spacial score (nSPS) is 18.3. The van der Waals surface area contributed by atoms with Crippen molar-refractivity contribution < 1.29 is 5.11 Å². The molecule has 0 spiro atoms. The molecular weight excluding hydrogens is 379 g/mol. The Bertz CT molecular complexity index is 427. The van der Waals surface area contributed by atoms with E-state index in [4.69, 9.17) is 5.11 Å². The number of nitrogens with zero attached hydrogens (tertiary/aromatic N) is 2. The Morgan fingerprint density at radius 2 is 2.14 bits per heavy atom. The van der Waals surface area contributed by atoms with Crippen molar-refractivity contribution in [1.29, 1.82) is 0 Å². The first kappa shape index (κ1) is 18.0. The zero-order valence-corrected chi connectivity index (χ0v) is 14.8. The summed E-state index contributed by atoms with van der Waals surface area (Å²) < 4.78 is 0. The van der Waals surface area contributed by atoms with Gasteiger partial charge < -0.3 is 20.6 Å². The predicted molar refractivity (Wildman–Crippen MR) is 98.7 cm³/mol. The maximum absolute atomic E-state index is 8.86. The molecule has 1 unspecified atom stereocenters. The van der Waals surface area contributed by atoms with E-state index in [1.54, 1.807) is 0 Å². The van der Waals surface area contributed by atoms with Crippen LogP contribution in [0.15, 0.2) is 35.3 Å². The Morgan fingerprint density at radius 3 is 2.81 bits per heavy atom. The Balaban J connectivity index is 0.00000220. The minimum absolute atomic E-state index is 0. The van der Waals surface area contributed by atoms with Gasteiger partial charge in [-0.25, -0.2) is 0 Å². The van der Waals surface area contributed by atoms with Crippen LogP contribution in [0.5, 0.6) is 0 Å². The highest BCUT2D eigenvalue weighted by molar-refractivity contribution is 14.0. The highest BCUT2D eigenvalue weighted by atomic mass is 127. The summed E-state index contributed by atoms with van der Waals surface area (Å²) in [5.41, 5.74) is 1.27. The largest absolute Gasteiger partial charge is 0.394 e. The lowest BCUT2D eigenvalue weighted by Crippen LogP contribution is -2.44. The number of benzene rings is 1. The van der Waals surface area contributed by atoms with Crippen LogP contribution in [0.4, 0.5) is 5.69 Å². The molecule has 2 rings (SSSR count). The van der Waals surface area contributed by atoms with Gasteiger partial charge in [-0.15, -0.1) is 24.0 Å². The number of para-hydroxylation sites is 1. The second-order valence-electron chi connectivity index (χ2n) is 4.90. The molecule has 1 atom stereocenters. The Kier molecular flexibility index (Phi) is 8.44. The number of guanidine groups is 1. The fourth-order valence-electron chi connectivity index (χ4n) is 2.43. The van der Waals surface area contributed by atoms with Crippen molar-refractivity contribution in [2.45, 2.75) is 19.4 Å². The number of hydrogen-bond acceptors (Lipinski definition) is 3. The molecule has 1 fully saturated rings. The first-order valence-corrected chi connectivity index (χ1v) is 7.29. The van der Waals surface area contributed by atoms with Crippen molar-refractivity contribution in [3.05, 3.63) is 30.3 Å². The van der Waals surface area contributed by atoms with Gasteiger partial charge in [0, 0.05) is 31.4 Å². The van der Waals surface area contributed by atoms with Gasteiger partial charge in [-0.1, -0.05) is 18.2 Å². The van der Waals surface area contributed by atoms with Crippen molar-refractivity contribution in [2.24, 2.45) is 4.99 Å². The summed E-state index contributed by atoms with van der Waals surface area (Å²) in [7, 11) is 0. The maximum Gasteiger partial charge on any atom is 0.191 e. The molecule has 1 aromatic rings. The third-order valence-corrected chi connectivity index (χ3v) is 3.36. The maximum atomic E-state index is 8.86. The molecule has 1 aliphatic rings. The van der Waals surface area contributed by atoms with Crippen LogP contribution in [0, 0.1) is 0 Å². The molecule has 1 aromatic carbocycles. The number of nitrogens with one attached hydrogen (secondary N) is 2. The van der Waals surface area contributed by atoms with Gasteiger partial charge in [0.2, 0.25) is 0 Å². The molecule has 0 aliphatic carbocycles. The van der Waals surface area contributed by atoms with E-state index in [0.717, 1.165) is 32.0 Å². The van der Waals surface area contributed by atoms with E-state index in [9.17, 15) is 0 Å². The minimum Gasteiger partial charge on any atom is -0.394 e. The van der Waals surface area contributed by atoms with Crippen LogP contribution in [0.25, 0.3) is 0 Å². The van der Waals surface area contributed by atoms with E-state index in [-0.39, 0.29) is 30.6 Å². The molecule has 0 bridgehead atoms. The second kappa shape index (κ2) is 9.83. The number of aliphatic hydroxyl groups is 1. The number of aliphatic imine (C=N–C) groups is 1. The summed E-state index contributed by atoms with van der Waals surface area (Å²) in [6, 6.07) is 10.9. The molecule has 1 aliphatic heterocycles. The topological polar surface area (TPSA) is 59.9 Å². The third-order valence-electron chi connectivity index (χ3n) is 3.36. The Hall–Kier alpha value is -1.02. The van der Waals surface area contributed by atoms with E-state index < -0.39 is 0 Å². The van der Waals surface area contributed by atoms with Crippen molar-refractivity contribution in [1.82, 2.24) is 10.6 Å². The summed E-state index contributed by atoms with van der Waals surface area (Å²) in [5.74, 6) is 0.793. The molecular formula is C15H25IN4O. The summed E-state index contributed by atoms with van der Waals surface area (Å²) in [6.45, 7) is 5.42. The monoisotopic (exact) mass is 404 g/mol. The van der Waals surface area contributed by atoms with Crippen molar-refractivity contribution in [2.75, 3.05) is 37.7 Å². The summed E-state index contributed by atoms with van der Waals surface area (Å²) in [6.07, 6.45) is 1.10. The lowest BCUT2D eigenvalue weighted by Gasteiger charge is -2.20. The number of halogens is 1. The molecule has 0 aromatic heterocycles.